The average molecular weight is 237 g/mol. The fourth-order valence-electron chi connectivity index (χ4n) is 1.40. The van der Waals surface area contributed by atoms with Gasteiger partial charge < -0.3 is 10.2 Å². The van der Waals surface area contributed by atoms with Gasteiger partial charge in [0.1, 0.15) is 0 Å². The molecule has 0 saturated carbocycles. The van der Waals surface area contributed by atoms with Gasteiger partial charge in [0.2, 0.25) is 5.91 Å². The Kier molecular flexibility index (Phi) is 4.84. The average Bonchev–Trinajstić information content (AvgIpc) is 2.63. The number of rotatable bonds is 5. The Hall–Kier alpha value is -1.69. The van der Waals surface area contributed by atoms with Crippen molar-refractivity contribution in [3.05, 3.63) is 24.0 Å². The number of hydrogen-bond acceptors (Lipinski definition) is 4. The molecule has 6 heteroatoms. The van der Waals surface area contributed by atoms with Crippen molar-refractivity contribution >= 4 is 5.91 Å². The van der Waals surface area contributed by atoms with Crippen LogP contribution in [-0.2, 0) is 11.8 Å². The monoisotopic (exact) mass is 237 g/mol. The van der Waals surface area contributed by atoms with Crippen molar-refractivity contribution in [3.8, 4) is 0 Å². The first-order valence-corrected chi connectivity index (χ1v) is 5.47. The molecule has 0 radical (unpaired) electrons. The number of carbonyl (C=O) groups is 1. The third-order valence-electron chi connectivity index (χ3n) is 2.29. The van der Waals surface area contributed by atoms with E-state index in [0.29, 0.717) is 0 Å². The van der Waals surface area contributed by atoms with Gasteiger partial charge in [-0.2, -0.15) is 0 Å². The number of hydrogen-bond donors (Lipinski definition) is 1. The lowest BCUT2D eigenvalue weighted by Gasteiger charge is -2.11. The lowest BCUT2D eigenvalue weighted by atomic mass is 10.2. The van der Waals surface area contributed by atoms with E-state index in [4.69, 9.17) is 0 Å². The molecule has 17 heavy (non-hydrogen) atoms. The third kappa shape index (κ3) is 4.36. The molecule has 1 rings (SSSR count). The Morgan fingerprint density at radius 1 is 1.65 bits per heavy atom. The number of amides is 1. The van der Waals surface area contributed by atoms with Gasteiger partial charge in [-0.3, -0.25) is 9.48 Å². The van der Waals surface area contributed by atoms with Crippen molar-refractivity contribution in [2.75, 3.05) is 20.6 Å². The Balaban J connectivity index is 2.47. The van der Waals surface area contributed by atoms with Gasteiger partial charge in [0.25, 0.3) is 0 Å². The smallest absolute Gasteiger partial charge is 0.244 e. The highest BCUT2D eigenvalue weighted by molar-refractivity contribution is 5.87. The summed E-state index contributed by atoms with van der Waals surface area (Å²) in [5.41, 5.74) is 0.874. The van der Waals surface area contributed by atoms with Crippen molar-refractivity contribution in [3.63, 3.8) is 0 Å². The number of aryl methyl sites for hydroxylation is 1. The van der Waals surface area contributed by atoms with E-state index in [1.807, 2.05) is 32.0 Å². The predicted molar refractivity (Wildman–Crippen MR) is 65.3 cm³/mol. The molecule has 1 aromatic rings. The van der Waals surface area contributed by atoms with E-state index in [2.05, 4.69) is 15.6 Å². The molecule has 0 saturated heterocycles. The van der Waals surface area contributed by atoms with Crippen molar-refractivity contribution in [1.82, 2.24) is 25.2 Å². The Bertz CT molecular complexity index is 396. The van der Waals surface area contributed by atoms with Crippen LogP contribution in [0.15, 0.2) is 18.3 Å². The summed E-state index contributed by atoms with van der Waals surface area (Å²) < 4.78 is 1.65. The Labute approximate surface area is 101 Å². The van der Waals surface area contributed by atoms with E-state index in [1.165, 1.54) is 0 Å². The normalized spacial score (nSPS) is 13.2. The third-order valence-corrected chi connectivity index (χ3v) is 2.29. The Morgan fingerprint density at radius 3 is 2.88 bits per heavy atom. The number of carbonyl (C=O) groups excluding carboxylic acids is 1. The van der Waals surface area contributed by atoms with Crippen molar-refractivity contribution in [2.24, 2.45) is 7.05 Å². The summed E-state index contributed by atoms with van der Waals surface area (Å²) in [6.07, 6.45) is 5.01. The summed E-state index contributed by atoms with van der Waals surface area (Å²) in [4.78, 5) is 13.6. The van der Waals surface area contributed by atoms with Crippen LogP contribution in [0, 0.1) is 0 Å². The molecule has 0 spiro atoms. The zero-order valence-corrected chi connectivity index (χ0v) is 10.7. The minimum Gasteiger partial charge on any atom is -0.344 e. The van der Waals surface area contributed by atoms with Crippen LogP contribution in [0.5, 0.6) is 0 Å². The molecule has 6 nitrogen and oxygen atoms in total. The molecule has 1 aromatic heterocycles. The number of nitrogens with zero attached hydrogens (tertiary/aromatic N) is 4. The molecule has 94 valence electrons. The van der Waals surface area contributed by atoms with Gasteiger partial charge in [0, 0.05) is 19.7 Å². The summed E-state index contributed by atoms with van der Waals surface area (Å²) in [7, 11) is 5.70. The number of aromatic nitrogens is 3. The maximum atomic E-state index is 11.6. The highest BCUT2D eigenvalue weighted by atomic mass is 16.1. The van der Waals surface area contributed by atoms with E-state index in [1.54, 1.807) is 24.0 Å². The summed E-state index contributed by atoms with van der Waals surface area (Å²) >= 11 is 0. The van der Waals surface area contributed by atoms with Gasteiger partial charge in [0.05, 0.1) is 17.9 Å². The molecule has 0 aliphatic heterocycles. The molecule has 0 unspecified atom stereocenters. The lowest BCUT2D eigenvalue weighted by molar-refractivity contribution is -0.117. The van der Waals surface area contributed by atoms with Crippen LogP contribution in [0.1, 0.15) is 18.7 Å². The van der Waals surface area contributed by atoms with E-state index in [0.717, 1.165) is 12.2 Å². The van der Waals surface area contributed by atoms with Gasteiger partial charge >= 0.3 is 0 Å². The van der Waals surface area contributed by atoms with E-state index >= 15 is 0 Å². The fourth-order valence-corrected chi connectivity index (χ4v) is 1.40. The maximum Gasteiger partial charge on any atom is 0.244 e. The van der Waals surface area contributed by atoms with Gasteiger partial charge in [-0.05, 0) is 21.0 Å². The first-order valence-electron chi connectivity index (χ1n) is 5.47. The molecular weight excluding hydrogens is 218 g/mol. The van der Waals surface area contributed by atoms with Crippen molar-refractivity contribution in [1.29, 1.82) is 0 Å². The first-order chi connectivity index (χ1) is 8.00. The predicted octanol–water partition coefficient (Wildman–Crippen LogP) is 0.110. The molecule has 1 amide bonds. The molecule has 0 aliphatic rings. The molecule has 1 heterocycles. The molecule has 0 aromatic carbocycles. The van der Waals surface area contributed by atoms with Crippen LogP contribution in [0.2, 0.25) is 0 Å². The molecule has 1 N–H and O–H groups in total. The lowest BCUT2D eigenvalue weighted by Crippen LogP contribution is -2.26. The van der Waals surface area contributed by atoms with Gasteiger partial charge in [-0.1, -0.05) is 11.3 Å². The minimum absolute atomic E-state index is 0.105. The summed E-state index contributed by atoms with van der Waals surface area (Å²) in [5, 5.41) is 10.4. The van der Waals surface area contributed by atoms with Crippen LogP contribution in [0.3, 0.4) is 0 Å². The summed E-state index contributed by atoms with van der Waals surface area (Å²) in [6, 6.07) is -0.105. The maximum absolute atomic E-state index is 11.6. The van der Waals surface area contributed by atoms with Crippen LogP contribution < -0.4 is 5.32 Å². The van der Waals surface area contributed by atoms with Crippen molar-refractivity contribution in [2.45, 2.75) is 13.0 Å². The van der Waals surface area contributed by atoms with Gasteiger partial charge in [-0.15, -0.1) is 5.10 Å². The van der Waals surface area contributed by atoms with Crippen molar-refractivity contribution < 1.29 is 4.79 Å². The molecule has 0 bridgehead atoms. The zero-order chi connectivity index (χ0) is 12.8. The molecule has 0 aliphatic carbocycles. The first kappa shape index (κ1) is 13.4. The SMILES string of the molecule is C[C@@H](NC(=O)/C=C/CN(C)C)c1cnnn1C. The van der Waals surface area contributed by atoms with E-state index in [-0.39, 0.29) is 11.9 Å². The largest absolute Gasteiger partial charge is 0.344 e. The second kappa shape index (κ2) is 6.15. The zero-order valence-electron chi connectivity index (χ0n) is 10.7. The topological polar surface area (TPSA) is 63.1 Å². The van der Waals surface area contributed by atoms with Crippen LogP contribution >= 0.6 is 0 Å². The van der Waals surface area contributed by atoms with E-state index in [9.17, 15) is 4.79 Å². The fraction of sp³-hybridized carbons (Fsp3) is 0.545. The van der Waals surface area contributed by atoms with Crippen LogP contribution in [0.4, 0.5) is 0 Å². The summed E-state index contributed by atoms with van der Waals surface area (Å²) in [5.74, 6) is -0.111. The standard InChI is InChI=1S/C11H19N5O/c1-9(10-8-12-14-16(10)4)13-11(17)6-5-7-15(2)3/h5-6,8-9H,7H2,1-4H3,(H,13,17)/b6-5+/t9-/m1/s1. The summed E-state index contributed by atoms with van der Waals surface area (Å²) in [6.45, 7) is 2.64. The quantitative estimate of drug-likeness (QED) is 0.738. The van der Waals surface area contributed by atoms with Gasteiger partial charge in [0.15, 0.2) is 0 Å². The van der Waals surface area contributed by atoms with Gasteiger partial charge in [-0.25, -0.2) is 0 Å². The van der Waals surface area contributed by atoms with E-state index < -0.39 is 0 Å². The Morgan fingerprint density at radius 2 is 2.35 bits per heavy atom. The molecule has 1 atom stereocenters. The highest BCUT2D eigenvalue weighted by Gasteiger charge is 2.11. The molecule has 0 fully saturated rings. The minimum atomic E-state index is -0.111. The second-order valence-corrected chi connectivity index (χ2v) is 4.18. The number of nitrogens with one attached hydrogen (secondary N) is 1. The second-order valence-electron chi connectivity index (χ2n) is 4.18. The van der Waals surface area contributed by atoms with Crippen LogP contribution in [0.25, 0.3) is 0 Å². The molecular formula is C11H19N5O. The van der Waals surface area contributed by atoms with Crippen LogP contribution in [-0.4, -0.2) is 46.4 Å². The highest BCUT2D eigenvalue weighted by Crippen LogP contribution is 2.08. The number of likely N-dealkylation sites (N-methyl/N-ethyl adjacent to an activating group) is 1.